The van der Waals surface area contributed by atoms with Crippen LogP contribution in [0.4, 0.5) is 18.9 Å². The van der Waals surface area contributed by atoms with Crippen molar-refractivity contribution in [2.75, 3.05) is 4.90 Å². The molecule has 0 bridgehead atoms. The van der Waals surface area contributed by atoms with E-state index in [4.69, 9.17) is 11.6 Å². The van der Waals surface area contributed by atoms with E-state index in [1.807, 2.05) is 0 Å². The topological polar surface area (TPSA) is 33.2 Å². The first-order valence-electron chi connectivity index (χ1n) is 5.91. The lowest BCUT2D eigenvalue weighted by molar-refractivity contribution is -0.170. The second-order valence-electron chi connectivity index (χ2n) is 4.23. The van der Waals surface area contributed by atoms with E-state index >= 15 is 0 Å². The molecular weight excluding hydrogens is 305 g/mol. The first kappa shape index (κ1) is 15.3. The van der Waals surface area contributed by atoms with Crippen LogP contribution in [0.15, 0.2) is 48.8 Å². The van der Waals surface area contributed by atoms with Crippen LogP contribution in [-0.2, 0) is 11.3 Å². The number of hydrogen-bond acceptors (Lipinski definition) is 2. The Morgan fingerprint density at radius 1 is 1.19 bits per heavy atom. The molecule has 0 aliphatic carbocycles. The number of rotatable bonds is 3. The molecule has 0 fully saturated rings. The Hall–Kier alpha value is -2.08. The molecule has 2 aromatic rings. The van der Waals surface area contributed by atoms with Gasteiger partial charge in [-0.25, -0.2) is 0 Å². The van der Waals surface area contributed by atoms with Gasteiger partial charge in [-0.05, 0) is 35.9 Å². The number of alkyl halides is 3. The smallest absolute Gasteiger partial charge is 0.300 e. The molecule has 0 saturated carbocycles. The van der Waals surface area contributed by atoms with Gasteiger partial charge in [0.05, 0.1) is 6.54 Å². The Morgan fingerprint density at radius 3 is 2.38 bits per heavy atom. The van der Waals surface area contributed by atoms with Crippen molar-refractivity contribution < 1.29 is 18.0 Å². The number of benzene rings is 1. The van der Waals surface area contributed by atoms with Crippen LogP contribution in [0, 0.1) is 0 Å². The van der Waals surface area contributed by atoms with Crippen molar-refractivity contribution in [1.29, 1.82) is 0 Å². The first-order chi connectivity index (χ1) is 9.88. The molecule has 1 aromatic carbocycles. The molecule has 7 heteroatoms. The van der Waals surface area contributed by atoms with Crippen molar-refractivity contribution in [3.05, 3.63) is 59.4 Å². The highest BCUT2D eigenvalue weighted by molar-refractivity contribution is 6.30. The molecular formula is C14H10ClF3N2O. The monoisotopic (exact) mass is 314 g/mol. The minimum Gasteiger partial charge on any atom is -0.300 e. The van der Waals surface area contributed by atoms with E-state index in [0.29, 0.717) is 15.5 Å². The van der Waals surface area contributed by atoms with Crippen molar-refractivity contribution in [3.63, 3.8) is 0 Å². The summed E-state index contributed by atoms with van der Waals surface area (Å²) in [5, 5.41) is 0.375. The van der Waals surface area contributed by atoms with Crippen molar-refractivity contribution >= 4 is 23.2 Å². The lowest BCUT2D eigenvalue weighted by atomic mass is 10.2. The van der Waals surface area contributed by atoms with Crippen LogP contribution in [0.25, 0.3) is 0 Å². The zero-order chi connectivity index (χ0) is 15.5. The van der Waals surface area contributed by atoms with Gasteiger partial charge in [-0.15, -0.1) is 0 Å². The van der Waals surface area contributed by atoms with Gasteiger partial charge in [0.2, 0.25) is 0 Å². The van der Waals surface area contributed by atoms with E-state index in [1.54, 1.807) is 12.1 Å². The third-order valence-corrected chi connectivity index (χ3v) is 2.94. The van der Waals surface area contributed by atoms with Gasteiger partial charge < -0.3 is 4.90 Å². The first-order valence-corrected chi connectivity index (χ1v) is 6.29. The summed E-state index contributed by atoms with van der Waals surface area (Å²) < 4.78 is 38.2. The zero-order valence-electron chi connectivity index (χ0n) is 10.6. The van der Waals surface area contributed by atoms with Crippen LogP contribution in [0.1, 0.15) is 5.56 Å². The van der Waals surface area contributed by atoms with Crippen molar-refractivity contribution in [1.82, 2.24) is 4.98 Å². The van der Waals surface area contributed by atoms with Crippen LogP contribution in [0.5, 0.6) is 0 Å². The Balaban J connectivity index is 2.35. The highest BCUT2D eigenvalue weighted by atomic mass is 35.5. The Bertz CT molecular complexity index is 614. The number of amides is 1. The van der Waals surface area contributed by atoms with E-state index in [1.165, 1.54) is 36.7 Å². The molecule has 110 valence electrons. The summed E-state index contributed by atoms with van der Waals surface area (Å²) in [6, 6.07) is 8.77. The summed E-state index contributed by atoms with van der Waals surface area (Å²) in [6.07, 6.45) is -2.05. The van der Waals surface area contributed by atoms with E-state index in [9.17, 15) is 18.0 Å². The fraction of sp³-hybridized carbons (Fsp3) is 0.143. The summed E-state index contributed by atoms with van der Waals surface area (Å²) in [4.78, 5) is 16.1. The molecule has 1 amide bonds. The molecule has 0 atom stereocenters. The lowest BCUT2D eigenvalue weighted by Crippen LogP contribution is -2.40. The predicted octanol–water partition coefficient (Wildman–Crippen LogP) is 3.83. The van der Waals surface area contributed by atoms with E-state index in [0.717, 1.165) is 0 Å². The minimum atomic E-state index is -4.96. The van der Waals surface area contributed by atoms with E-state index < -0.39 is 12.1 Å². The largest absolute Gasteiger partial charge is 0.471 e. The molecule has 0 unspecified atom stereocenters. The van der Waals surface area contributed by atoms with Crippen LogP contribution in [-0.4, -0.2) is 17.1 Å². The van der Waals surface area contributed by atoms with Crippen LogP contribution < -0.4 is 4.90 Å². The summed E-state index contributed by atoms with van der Waals surface area (Å²) in [5.41, 5.74) is 0.607. The average molecular weight is 315 g/mol. The summed E-state index contributed by atoms with van der Waals surface area (Å²) in [7, 11) is 0. The summed E-state index contributed by atoms with van der Waals surface area (Å²) >= 11 is 5.71. The second kappa shape index (κ2) is 6.13. The molecule has 1 heterocycles. The maximum Gasteiger partial charge on any atom is 0.471 e. The third-order valence-electron chi connectivity index (χ3n) is 2.69. The number of carbonyl (C=O) groups is 1. The molecule has 1 aromatic heterocycles. The zero-order valence-corrected chi connectivity index (χ0v) is 11.4. The number of aromatic nitrogens is 1. The standard InChI is InChI=1S/C14H10ClF3N2O/c15-11-3-5-12(6-4-11)20(13(21)14(16,17)18)9-10-2-1-7-19-8-10/h1-8H,9H2. The fourth-order valence-electron chi connectivity index (χ4n) is 1.73. The lowest BCUT2D eigenvalue weighted by Gasteiger charge is -2.24. The molecule has 2 rings (SSSR count). The van der Waals surface area contributed by atoms with Gasteiger partial charge in [-0.1, -0.05) is 17.7 Å². The second-order valence-corrected chi connectivity index (χ2v) is 4.66. The molecule has 0 aliphatic rings. The molecule has 21 heavy (non-hydrogen) atoms. The van der Waals surface area contributed by atoms with Crippen molar-refractivity contribution in [2.24, 2.45) is 0 Å². The maximum atomic E-state index is 12.7. The average Bonchev–Trinajstić information content (AvgIpc) is 2.45. The molecule has 0 aliphatic heterocycles. The molecule has 0 radical (unpaired) electrons. The Kier molecular flexibility index (Phi) is 4.47. The SMILES string of the molecule is O=C(N(Cc1cccnc1)c1ccc(Cl)cc1)C(F)(F)F. The van der Waals surface area contributed by atoms with Gasteiger partial charge in [0.1, 0.15) is 0 Å². The van der Waals surface area contributed by atoms with Gasteiger partial charge in [0, 0.05) is 23.1 Å². The van der Waals surface area contributed by atoms with E-state index in [2.05, 4.69) is 4.98 Å². The van der Waals surface area contributed by atoms with Gasteiger partial charge in [0.25, 0.3) is 0 Å². The maximum absolute atomic E-state index is 12.7. The minimum absolute atomic E-state index is 0.116. The van der Waals surface area contributed by atoms with Crippen molar-refractivity contribution in [3.8, 4) is 0 Å². The highest BCUT2D eigenvalue weighted by Crippen LogP contribution is 2.26. The van der Waals surface area contributed by atoms with Crippen molar-refractivity contribution in [2.45, 2.75) is 12.7 Å². The molecule has 0 saturated heterocycles. The quantitative estimate of drug-likeness (QED) is 0.862. The molecule has 0 N–H and O–H groups in total. The van der Waals surface area contributed by atoms with Crippen LogP contribution >= 0.6 is 11.6 Å². The Morgan fingerprint density at radius 2 is 1.86 bits per heavy atom. The highest BCUT2D eigenvalue weighted by Gasteiger charge is 2.43. The van der Waals surface area contributed by atoms with Crippen LogP contribution in [0.2, 0.25) is 5.02 Å². The molecule has 0 spiro atoms. The molecule has 3 nitrogen and oxygen atoms in total. The number of hydrogen-bond donors (Lipinski definition) is 0. The summed E-state index contributed by atoms with van der Waals surface area (Å²) in [6.45, 7) is -0.228. The summed E-state index contributed by atoms with van der Waals surface area (Å²) in [5.74, 6) is -1.94. The third kappa shape index (κ3) is 3.95. The van der Waals surface area contributed by atoms with Crippen LogP contribution in [0.3, 0.4) is 0 Å². The van der Waals surface area contributed by atoms with E-state index in [-0.39, 0.29) is 12.2 Å². The number of carbonyl (C=O) groups excluding carboxylic acids is 1. The number of halogens is 4. The van der Waals surface area contributed by atoms with Gasteiger partial charge in [-0.2, -0.15) is 13.2 Å². The Labute approximate surface area is 124 Å². The fourth-order valence-corrected chi connectivity index (χ4v) is 1.85. The number of nitrogens with zero attached hydrogens (tertiary/aromatic N) is 2. The van der Waals surface area contributed by atoms with Gasteiger partial charge in [-0.3, -0.25) is 9.78 Å². The van der Waals surface area contributed by atoms with Gasteiger partial charge >= 0.3 is 12.1 Å². The predicted molar refractivity (Wildman–Crippen MR) is 72.9 cm³/mol. The van der Waals surface area contributed by atoms with Gasteiger partial charge in [0.15, 0.2) is 0 Å². The number of pyridine rings is 1. The number of anilines is 1. The normalized spacial score (nSPS) is 11.2.